The van der Waals surface area contributed by atoms with Crippen LogP contribution in [-0.2, 0) is 7.05 Å². The fraction of sp³-hybridized carbons (Fsp3) is 0.308. The zero-order valence-electron chi connectivity index (χ0n) is 10.5. The van der Waals surface area contributed by atoms with Crippen LogP contribution in [0, 0.1) is 0 Å². The second kappa shape index (κ2) is 5.36. The van der Waals surface area contributed by atoms with Gasteiger partial charge in [0.1, 0.15) is 11.8 Å². The lowest BCUT2D eigenvalue weighted by molar-refractivity contribution is 0.150. The molecular weight excluding hydrogens is 254 g/mol. The molecule has 6 heteroatoms. The summed E-state index contributed by atoms with van der Waals surface area (Å²) in [6, 6.07) is 5.68. The van der Waals surface area contributed by atoms with E-state index in [1.54, 1.807) is 13.1 Å². The second-order valence-electron chi connectivity index (χ2n) is 4.10. The molecule has 2 rings (SSSR count). The SMILES string of the molecule is COc1cnn(C)c1C(O)c1cccc(C(F)F)c1. The lowest BCUT2D eigenvalue weighted by Gasteiger charge is -2.14. The monoisotopic (exact) mass is 268 g/mol. The van der Waals surface area contributed by atoms with Gasteiger partial charge in [-0.05, 0) is 11.6 Å². The van der Waals surface area contributed by atoms with Gasteiger partial charge in [-0.1, -0.05) is 18.2 Å². The van der Waals surface area contributed by atoms with Gasteiger partial charge in [0.25, 0.3) is 6.43 Å². The van der Waals surface area contributed by atoms with Crippen LogP contribution in [0.1, 0.15) is 29.4 Å². The molecule has 1 aromatic carbocycles. The van der Waals surface area contributed by atoms with Crippen molar-refractivity contribution < 1.29 is 18.6 Å². The Hall–Kier alpha value is -1.95. The highest BCUT2D eigenvalue weighted by molar-refractivity contribution is 5.36. The number of aryl methyl sites for hydroxylation is 1. The molecule has 1 aromatic heterocycles. The van der Waals surface area contributed by atoms with E-state index >= 15 is 0 Å². The van der Waals surface area contributed by atoms with Crippen LogP contribution < -0.4 is 4.74 Å². The number of halogens is 2. The van der Waals surface area contributed by atoms with Crippen molar-refractivity contribution in [2.75, 3.05) is 7.11 Å². The quantitative estimate of drug-likeness (QED) is 0.926. The minimum atomic E-state index is -2.57. The van der Waals surface area contributed by atoms with Crippen molar-refractivity contribution in [1.82, 2.24) is 9.78 Å². The van der Waals surface area contributed by atoms with E-state index in [2.05, 4.69) is 5.10 Å². The molecule has 102 valence electrons. The first-order chi connectivity index (χ1) is 9.04. The first-order valence-electron chi connectivity index (χ1n) is 5.66. The molecule has 19 heavy (non-hydrogen) atoms. The smallest absolute Gasteiger partial charge is 0.263 e. The lowest BCUT2D eigenvalue weighted by atomic mass is 10.0. The molecule has 0 radical (unpaired) electrons. The van der Waals surface area contributed by atoms with E-state index in [4.69, 9.17) is 4.74 Å². The van der Waals surface area contributed by atoms with Crippen molar-refractivity contribution in [3.63, 3.8) is 0 Å². The molecule has 1 N–H and O–H groups in total. The zero-order chi connectivity index (χ0) is 14.0. The second-order valence-corrected chi connectivity index (χ2v) is 4.10. The summed E-state index contributed by atoms with van der Waals surface area (Å²) in [7, 11) is 3.11. The van der Waals surface area contributed by atoms with Crippen LogP contribution in [0.15, 0.2) is 30.5 Å². The highest BCUT2D eigenvalue weighted by Crippen LogP contribution is 2.31. The molecule has 0 saturated carbocycles. The summed E-state index contributed by atoms with van der Waals surface area (Å²) in [4.78, 5) is 0. The van der Waals surface area contributed by atoms with E-state index < -0.39 is 12.5 Å². The van der Waals surface area contributed by atoms with Gasteiger partial charge in [0, 0.05) is 12.6 Å². The van der Waals surface area contributed by atoms with Crippen LogP contribution in [-0.4, -0.2) is 22.0 Å². The van der Waals surface area contributed by atoms with Crippen molar-refractivity contribution in [2.45, 2.75) is 12.5 Å². The lowest BCUT2D eigenvalue weighted by Crippen LogP contribution is -2.08. The largest absolute Gasteiger partial charge is 0.493 e. The predicted molar refractivity (Wildman–Crippen MR) is 65.2 cm³/mol. The highest BCUT2D eigenvalue weighted by atomic mass is 19.3. The van der Waals surface area contributed by atoms with E-state index in [9.17, 15) is 13.9 Å². The van der Waals surface area contributed by atoms with Gasteiger partial charge in [-0.2, -0.15) is 5.10 Å². The van der Waals surface area contributed by atoms with Crippen LogP contribution in [0.4, 0.5) is 8.78 Å². The molecule has 1 atom stereocenters. The number of aliphatic hydroxyl groups is 1. The van der Waals surface area contributed by atoms with Gasteiger partial charge in [0.15, 0.2) is 5.75 Å². The van der Waals surface area contributed by atoms with E-state index in [0.29, 0.717) is 17.0 Å². The summed E-state index contributed by atoms with van der Waals surface area (Å²) in [6.45, 7) is 0. The van der Waals surface area contributed by atoms with Gasteiger partial charge in [0.05, 0.1) is 13.3 Å². The standard InChI is InChI=1S/C13H14F2N2O2/c1-17-11(10(19-2)7-16-17)12(18)8-4-3-5-9(6-8)13(14)15/h3-7,12-13,18H,1-2H3. The van der Waals surface area contributed by atoms with Gasteiger partial charge >= 0.3 is 0 Å². The summed E-state index contributed by atoms with van der Waals surface area (Å²) >= 11 is 0. The minimum absolute atomic E-state index is 0.127. The van der Waals surface area contributed by atoms with E-state index in [0.717, 1.165) is 0 Å². The number of hydrogen-bond acceptors (Lipinski definition) is 3. The summed E-state index contributed by atoms with van der Waals surface area (Å²) in [5, 5.41) is 14.3. The molecule has 0 fully saturated rings. The van der Waals surface area contributed by atoms with Gasteiger partial charge in [0.2, 0.25) is 0 Å². The van der Waals surface area contributed by atoms with E-state index in [-0.39, 0.29) is 5.56 Å². The van der Waals surface area contributed by atoms with E-state index in [1.165, 1.54) is 36.2 Å². The van der Waals surface area contributed by atoms with Gasteiger partial charge in [-0.3, -0.25) is 4.68 Å². The Labute approximate surface area is 109 Å². The molecule has 2 aromatic rings. The van der Waals surface area contributed by atoms with Crippen LogP contribution in [0.5, 0.6) is 5.75 Å². The molecule has 0 saturated heterocycles. The first-order valence-corrected chi connectivity index (χ1v) is 5.66. The number of benzene rings is 1. The normalized spacial score (nSPS) is 12.7. The molecule has 0 amide bonds. The third-order valence-electron chi connectivity index (χ3n) is 2.91. The van der Waals surface area contributed by atoms with Crippen molar-refractivity contribution in [1.29, 1.82) is 0 Å². The topological polar surface area (TPSA) is 47.3 Å². The predicted octanol–water partition coefficient (Wildman–Crippen LogP) is 2.45. The third kappa shape index (κ3) is 2.58. The summed E-state index contributed by atoms with van der Waals surface area (Å²) < 4.78 is 31.9. The maximum Gasteiger partial charge on any atom is 0.263 e. The fourth-order valence-corrected chi connectivity index (χ4v) is 1.92. The molecule has 0 aliphatic rings. The van der Waals surface area contributed by atoms with Crippen molar-refractivity contribution >= 4 is 0 Å². The summed E-state index contributed by atoms with van der Waals surface area (Å²) in [5.74, 6) is 0.414. The molecule has 0 aliphatic carbocycles. The molecule has 1 unspecified atom stereocenters. The van der Waals surface area contributed by atoms with Crippen LogP contribution in [0.25, 0.3) is 0 Å². The number of rotatable bonds is 4. The van der Waals surface area contributed by atoms with Gasteiger partial charge < -0.3 is 9.84 Å². The van der Waals surface area contributed by atoms with Crippen LogP contribution >= 0.6 is 0 Å². The van der Waals surface area contributed by atoms with Crippen molar-refractivity contribution in [2.24, 2.45) is 7.05 Å². The molecule has 0 aliphatic heterocycles. The third-order valence-corrected chi connectivity index (χ3v) is 2.91. The Balaban J connectivity index is 2.41. The number of alkyl halides is 2. The number of methoxy groups -OCH3 is 1. The summed E-state index contributed by atoms with van der Waals surface area (Å²) in [6.07, 6.45) is -2.17. The maximum atomic E-state index is 12.7. The van der Waals surface area contributed by atoms with Gasteiger partial charge in [-0.25, -0.2) is 8.78 Å². The van der Waals surface area contributed by atoms with Crippen molar-refractivity contribution in [3.8, 4) is 5.75 Å². The molecule has 0 bridgehead atoms. The Morgan fingerprint density at radius 2 is 2.00 bits per heavy atom. The van der Waals surface area contributed by atoms with Gasteiger partial charge in [-0.15, -0.1) is 0 Å². The Kier molecular flexibility index (Phi) is 3.80. The molecule has 4 nitrogen and oxygen atoms in total. The number of aromatic nitrogens is 2. The average molecular weight is 268 g/mol. The van der Waals surface area contributed by atoms with E-state index in [1.807, 2.05) is 0 Å². The van der Waals surface area contributed by atoms with Crippen molar-refractivity contribution in [3.05, 3.63) is 47.3 Å². The summed E-state index contributed by atoms with van der Waals surface area (Å²) in [5.41, 5.74) is 0.673. The number of nitrogens with zero attached hydrogens (tertiary/aromatic N) is 2. The minimum Gasteiger partial charge on any atom is -0.493 e. The number of hydrogen-bond donors (Lipinski definition) is 1. The zero-order valence-corrected chi connectivity index (χ0v) is 10.5. The first kappa shape index (κ1) is 13.5. The molecule has 0 spiro atoms. The molecular formula is C13H14F2N2O2. The maximum absolute atomic E-state index is 12.7. The van der Waals surface area contributed by atoms with Crippen LogP contribution in [0.2, 0.25) is 0 Å². The number of ether oxygens (including phenoxy) is 1. The Morgan fingerprint density at radius 1 is 1.32 bits per heavy atom. The Morgan fingerprint density at radius 3 is 2.63 bits per heavy atom. The Bertz CT molecular complexity index is 570. The van der Waals surface area contributed by atoms with Crippen LogP contribution in [0.3, 0.4) is 0 Å². The fourth-order valence-electron chi connectivity index (χ4n) is 1.92. The molecule has 1 heterocycles. The average Bonchev–Trinajstić information content (AvgIpc) is 2.79. The highest BCUT2D eigenvalue weighted by Gasteiger charge is 2.21. The number of aliphatic hydroxyl groups excluding tert-OH is 1.